The van der Waals surface area contributed by atoms with Crippen molar-refractivity contribution in [1.82, 2.24) is 5.09 Å². The molecule has 3 nitrogen and oxygen atoms in total. The molecule has 70 valence electrons. The van der Waals surface area contributed by atoms with E-state index in [-0.39, 0.29) is 0 Å². The van der Waals surface area contributed by atoms with Gasteiger partial charge >= 0.3 is 5.97 Å². The summed E-state index contributed by atoms with van der Waals surface area (Å²) in [7, 11) is 2.23. The second kappa shape index (κ2) is 4.95. The average Bonchev–Trinajstić information content (AvgIpc) is 2.15. The number of hydrogen-bond donors (Lipinski definition) is 2. The molecule has 0 heterocycles. The predicted octanol–water partition coefficient (Wildman–Crippen LogP) is 1.06. The van der Waals surface area contributed by atoms with Crippen LogP contribution in [-0.2, 0) is 11.2 Å². The maximum Gasteiger partial charge on any atom is 0.321 e. The van der Waals surface area contributed by atoms with Crippen LogP contribution in [0, 0.1) is 0 Å². The van der Waals surface area contributed by atoms with Crippen molar-refractivity contribution >= 4 is 15.4 Å². The molecule has 1 aromatic rings. The Balaban J connectivity index is 2.62. The van der Waals surface area contributed by atoms with Crippen LogP contribution in [0.4, 0.5) is 0 Å². The molecule has 1 rings (SSSR count). The van der Waals surface area contributed by atoms with Crippen molar-refractivity contribution in [3.8, 4) is 0 Å². The second-order valence-electron chi connectivity index (χ2n) is 2.75. The third-order valence-electron chi connectivity index (χ3n) is 1.78. The lowest BCUT2D eigenvalue weighted by Gasteiger charge is -2.10. The summed E-state index contributed by atoms with van der Waals surface area (Å²) in [6.45, 7) is 0. The van der Waals surface area contributed by atoms with Gasteiger partial charge in [0.2, 0.25) is 0 Å². The fourth-order valence-corrected chi connectivity index (χ4v) is 1.33. The normalized spacial score (nSPS) is 12.4. The topological polar surface area (TPSA) is 49.3 Å². The van der Waals surface area contributed by atoms with E-state index in [4.69, 9.17) is 5.11 Å². The first kappa shape index (κ1) is 10.2. The van der Waals surface area contributed by atoms with Crippen LogP contribution in [0.5, 0.6) is 0 Å². The first-order valence-electron chi connectivity index (χ1n) is 3.97. The number of carbonyl (C=O) groups is 1. The highest BCUT2D eigenvalue weighted by atomic mass is 31.0. The third kappa shape index (κ3) is 3.13. The molecular weight excluding hydrogens is 185 g/mol. The molecule has 1 unspecified atom stereocenters. The Morgan fingerprint density at radius 1 is 1.46 bits per heavy atom. The molecule has 0 fully saturated rings. The van der Waals surface area contributed by atoms with Gasteiger partial charge < -0.3 is 5.11 Å². The molecule has 0 aliphatic carbocycles. The summed E-state index contributed by atoms with van der Waals surface area (Å²) in [5.41, 5.74) is 1.02. The zero-order chi connectivity index (χ0) is 9.68. The van der Waals surface area contributed by atoms with Crippen molar-refractivity contribution in [2.24, 2.45) is 0 Å². The molecule has 0 radical (unpaired) electrons. The fourth-order valence-electron chi connectivity index (χ4n) is 1.07. The van der Waals surface area contributed by atoms with Gasteiger partial charge in [-0.1, -0.05) is 39.7 Å². The highest BCUT2D eigenvalue weighted by molar-refractivity contribution is 7.13. The number of hydrogen-bond acceptors (Lipinski definition) is 2. The quantitative estimate of drug-likeness (QED) is 0.709. The van der Waals surface area contributed by atoms with Crippen molar-refractivity contribution in [3.05, 3.63) is 35.9 Å². The molecule has 0 saturated heterocycles. The predicted molar refractivity (Wildman–Crippen MR) is 54.4 cm³/mol. The van der Waals surface area contributed by atoms with Gasteiger partial charge in [0.15, 0.2) is 0 Å². The summed E-state index contributed by atoms with van der Waals surface area (Å²) < 4.78 is 0. The van der Waals surface area contributed by atoms with Crippen LogP contribution < -0.4 is 5.09 Å². The summed E-state index contributed by atoms with van der Waals surface area (Å²) in [6, 6.07) is 9.00. The van der Waals surface area contributed by atoms with Gasteiger partial charge in [-0.2, -0.15) is 0 Å². The zero-order valence-electron chi connectivity index (χ0n) is 7.10. The van der Waals surface area contributed by atoms with Crippen molar-refractivity contribution in [3.63, 3.8) is 0 Å². The molecule has 1 aromatic carbocycles. The molecule has 13 heavy (non-hydrogen) atoms. The molecule has 0 aromatic heterocycles. The van der Waals surface area contributed by atoms with Crippen LogP contribution in [-0.4, -0.2) is 17.1 Å². The third-order valence-corrected chi connectivity index (χ3v) is 2.18. The molecule has 0 spiro atoms. The van der Waals surface area contributed by atoms with Crippen molar-refractivity contribution in [2.45, 2.75) is 12.5 Å². The van der Waals surface area contributed by atoms with Crippen LogP contribution in [0.3, 0.4) is 0 Å². The van der Waals surface area contributed by atoms with E-state index in [0.717, 1.165) is 5.56 Å². The van der Waals surface area contributed by atoms with E-state index in [2.05, 4.69) is 14.5 Å². The van der Waals surface area contributed by atoms with Gasteiger partial charge in [0, 0.05) is 0 Å². The highest BCUT2D eigenvalue weighted by Crippen LogP contribution is 2.03. The van der Waals surface area contributed by atoms with Crippen LogP contribution in [0.1, 0.15) is 5.56 Å². The van der Waals surface area contributed by atoms with E-state index < -0.39 is 12.0 Å². The molecular formula is C9H12NO2P. The zero-order valence-corrected chi connectivity index (χ0v) is 8.26. The lowest BCUT2D eigenvalue weighted by atomic mass is 10.1. The molecule has 2 atom stereocenters. The lowest BCUT2D eigenvalue weighted by molar-refractivity contribution is -0.138. The first-order valence-corrected chi connectivity index (χ1v) is 4.54. The Bertz CT molecular complexity index is 276. The van der Waals surface area contributed by atoms with Crippen LogP contribution in [0.25, 0.3) is 0 Å². The molecule has 0 saturated carbocycles. The van der Waals surface area contributed by atoms with E-state index in [1.807, 2.05) is 30.3 Å². The number of nitrogens with one attached hydrogen (secondary N) is 1. The molecule has 2 N–H and O–H groups in total. The summed E-state index contributed by atoms with van der Waals surface area (Å²) in [4.78, 5) is 10.7. The molecule has 0 aliphatic heterocycles. The largest absolute Gasteiger partial charge is 0.480 e. The number of rotatable bonds is 4. The maximum atomic E-state index is 10.7. The van der Waals surface area contributed by atoms with Gasteiger partial charge in [-0.05, 0) is 12.0 Å². The van der Waals surface area contributed by atoms with E-state index in [1.165, 1.54) is 0 Å². The van der Waals surface area contributed by atoms with Gasteiger partial charge in [0.25, 0.3) is 0 Å². The summed E-state index contributed by atoms with van der Waals surface area (Å²) in [5.74, 6) is -0.834. The van der Waals surface area contributed by atoms with E-state index in [0.29, 0.717) is 6.42 Å². The van der Waals surface area contributed by atoms with Crippen molar-refractivity contribution in [1.29, 1.82) is 0 Å². The lowest BCUT2D eigenvalue weighted by Crippen LogP contribution is -2.32. The van der Waals surface area contributed by atoms with Gasteiger partial charge in [0.1, 0.15) is 6.04 Å². The Morgan fingerprint density at radius 3 is 2.54 bits per heavy atom. The second-order valence-corrected chi connectivity index (χ2v) is 3.08. The summed E-state index contributed by atoms with van der Waals surface area (Å²) >= 11 is 0. The smallest absolute Gasteiger partial charge is 0.321 e. The number of benzene rings is 1. The highest BCUT2D eigenvalue weighted by Gasteiger charge is 2.14. The van der Waals surface area contributed by atoms with Crippen LogP contribution >= 0.6 is 9.39 Å². The number of carboxylic acids is 1. The minimum atomic E-state index is -0.834. The van der Waals surface area contributed by atoms with Gasteiger partial charge in [-0.15, -0.1) is 0 Å². The molecule has 4 heteroatoms. The summed E-state index contributed by atoms with van der Waals surface area (Å²) in [5, 5.41) is 11.4. The molecule has 0 amide bonds. The average molecular weight is 197 g/mol. The molecule has 0 bridgehead atoms. The van der Waals surface area contributed by atoms with Gasteiger partial charge in [-0.25, -0.2) is 0 Å². The van der Waals surface area contributed by atoms with E-state index >= 15 is 0 Å². The monoisotopic (exact) mass is 197 g/mol. The SMILES string of the molecule is O=C(O)[C@@H](Cc1ccccc1)NP. The Labute approximate surface area is 79.4 Å². The van der Waals surface area contributed by atoms with E-state index in [1.54, 1.807) is 0 Å². The van der Waals surface area contributed by atoms with Gasteiger partial charge in [0.05, 0.1) is 0 Å². The Morgan fingerprint density at radius 2 is 2.08 bits per heavy atom. The standard InChI is InChI=1S/C9H12NO2P/c11-9(12)8(10-13)6-7-4-2-1-3-5-7/h1-5,8,10H,6,13H2,(H,11,12)/t8-/m1/s1. The number of aliphatic carboxylic acids is 1. The van der Waals surface area contributed by atoms with Crippen molar-refractivity contribution in [2.75, 3.05) is 0 Å². The van der Waals surface area contributed by atoms with E-state index in [9.17, 15) is 4.79 Å². The minimum Gasteiger partial charge on any atom is -0.480 e. The van der Waals surface area contributed by atoms with Crippen LogP contribution in [0.15, 0.2) is 30.3 Å². The summed E-state index contributed by atoms with van der Waals surface area (Å²) in [6.07, 6.45) is 0.500. The maximum absolute atomic E-state index is 10.7. The Kier molecular flexibility index (Phi) is 3.87. The Hall–Kier alpha value is -0.920. The minimum absolute atomic E-state index is 0.500. The fraction of sp³-hybridized carbons (Fsp3) is 0.222. The first-order chi connectivity index (χ1) is 6.24. The van der Waals surface area contributed by atoms with Gasteiger partial charge in [-0.3, -0.25) is 9.88 Å². The molecule has 0 aliphatic rings. The number of carboxylic acid groups (broad SMARTS) is 1. The van der Waals surface area contributed by atoms with Crippen molar-refractivity contribution < 1.29 is 9.90 Å². The van der Waals surface area contributed by atoms with Crippen LogP contribution in [0.2, 0.25) is 0 Å².